The van der Waals surface area contributed by atoms with Crippen LogP contribution >= 0.6 is 0 Å². The van der Waals surface area contributed by atoms with E-state index in [2.05, 4.69) is 5.32 Å². The molecule has 8 heteroatoms. The molecule has 0 aliphatic heterocycles. The van der Waals surface area contributed by atoms with Gasteiger partial charge in [0.15, 0.2) is 0 Å². The normalized spacial score (nSPS) is 11.7. The quantitative estimate of drug-likeness (QED) is 0.108. The first-order chi connectivity index (χ1) is 23.1. The molecule has 5 rings (SSSR count). The molecule has 1 atom stereocenters. The van der Waals surface area contributed by atoms with Crippen molar-refractivity contribution < 1.29 is 34.8 Å². The number of hydrogen-bond acceptors (Lipinski definition) is 7. The van der Waals surface area contributed by atoms with E-state index in [0.717, 1.165) is 22.1 Å². The number of hydrogen-bond donors (Lipinski definition) is 1. The molecule has 0 aliphatic rings. The highest BCUT2D eigenvalue weighted by atomic mass is 16.6. The maximum Gasteiger partial charge on any atom is 0.408 e. The molecule has 5 aromatic carbocycles. The van der Waals surface area contributed by atoms with Crippen LogP contribution in [0.15, 0.2) is 121 Å². The molecule has 248 valence electrons. The van der Waals surface area contributed by atoms with Crippen molar-refractivity contribution in [1.82, 2.24) is 5.32 Å². The van der Waals surface area contributed by atoms with Crippen LogP contribution in [0.3, 0.4) is 0 Å². The van der Waals surface area contributed by atoms with E-state index in [4.69, 9.17) is 18.9 Å². The molecule has 0 radical (unpaired) electrons. The maximum absolute atomic E-state index is 13.5. The number of esters is 2. The third-order valence-electron chi connectivity index (χ3n) is 7.33. The van der Waals surface area contributed by atoms with Crippen LogP contribution in [0.1, 0.15) is 54.8 Å². The first-order valence-electron chi connectivity index (χ1n) is 15.8. The van der Waals surface area contributed by atoms with Gasteiger partial charge in [-0.3, -0.25) is 0 Å². The predicted octanol–water partition coefficient (Wildman–Crippen LogP) is 8.20. The SMILES string of the molecule is CC(C)(C)OC(=O)N[C@@H](Cc1cc(C(=O)OCc2ccccc2)cc2cc(OCc3ccccc3)ccc12)C(=O)OCc1ccccc1.[HH]. The number of nitrogens with one attached hydrogen (secondary N) is 1. The molecule has 0 bridgehead atoms. The highest BCUT2D eigenvalue weighted by Gasteiger charge is 2.27. The number of amides is 1. The molecule has 8 nitrogen and oxygen atoms in total. The molecule has 1 N–H and O–H groups in total. The summed E-state index contributed by atoms with van der Waals surface area (Å²) < 4.78 is 22.9. The van der Waals surface area contributed by atoms with E-state index in [-0.39, 0.29) is 21.1 Å². The fourth-order valence-electron chi connectivity index (χ4n) is 5.04. The van der Waals surface area contributed by atoms with Gasteiger partial charge < -0.3 is 24.3 Å². The first-order valence-corrected chi connectivity index (χ1v) is 15.8. The van der Waals surface area contributed by atoms with Gasteiger partial charge in [-0.15, -0.1) is 0 Å². The Morgan fingerprint density at radius 1 is 0.688 bits per heavy atom. The number of benzene rings is 5. The zero-order chi connectivity index (χ0) is 33.9. The van der Waals surface area contributed by atoms with Gasteiger partial charge in [0.05, 0.1) is 5.56 Å². The average Bonchev–Trinajstić information content (AvgIpc) is 3.08. The number of ether oxygens (including phenoxy) is 4. The minimum absolute atomic E-state index is 0. The fraction of sp³-hybridized carbons (Fsp3) is 0.225. The van der Waals surface area contributed by atoms with Crippen molar-refractivity contribution in [2.45, 2.75) is 58.7 Å². The Balaban J connectivity index is 0.00000541. The van der Waals surface area contributed by atoms with Gasteiger partial charge in [-0.2, -0.15) is 0 Å². The second-order valence-electron chi connectivity index (χ2n) is 12.4. The van der Waals surface area contributed by atoms with Crippen LogP contribution in [0.2, 0.25) is 0 Å². The highest BCUT2D eigenvalue weighted by molar-refractivity contribution is 5.98. The van der Waals surface area contributed by atoms with Gasteiger partial charge in [-0.1, -0.05) is 97.1 Å². The topological polar surface area (TPSA) is 100 Å². The molecule has 0 saturated carbocycles. The van der Waals surface area contributed by atoms with Crippen LogP contribution in [0.5, 0.6) is 5.75 Å². The van der Waals surface area contributed by atoms with Crippen LogP contribution in [-0.2, 0) is 45.2 Å². The molecule has 0 unspecified atom stereocenters. The molecular formula is C40H41NO7. The second-order valence-corrected chi connectivity index (χ2v) is 12.4. The van der Waals surface area contributed by atoms with Crippen LogP contribution in [0.25, 0.3) is 10.8 Å². The number of carbonyl (C=O) groups is 3. The monoisotopic (exact) mass is 647 g/mol. The lowest BCUT2D eigenvalue weighted by Crippen LogP contribution is -2.45. The smallest absolute Gasteiger partial charge is 0.408 e. The minimum Gasteiger partial charge on any atom is -0.489 e. The van der Waals surface area contributed by atoms with Crippen molar-refractivity contribution in [3.8, 4) is 5.75 Å². The van der Waals surface area contributed by atoms with Crippen LogP contribution < -0.4 is 10.1 Å². The van der Waals surface area contributed by atoms with E-state index in [1.54, 1.807) is 32.9 Å². The zero-order valence-corrected chi connectivity index (χ0v) is 27.3. The van der Waals surface area contributed by atoms with E-state index >= 15 is 0 Å². The van der Waals surface area contributed by atoms with Crippen molar-refractivity contribution >= 4 is 28.8 Å². The van der Waals surface area contributed by atoms with Gasteiger partial charge in [0.25, 0.3) is 0 Å². The molecular weight excluding hydrogens is 606 g/mol. The van der Waals surface area contributed by atoms with Crippen LogP contribution in [0.4, 0.5) is 4.79 Å². The Hall–Kier alpha value is -5.63. The van der Waals surface area contributed by atoms with Gasteiger partial charge in [0.2, 0.25) is 0 Å². The molecule has 0 aliphatic carbocycles. The molecule has 1 amide bonds. The summed E-state index contributed by atoms with van der Waals surface area (Å²) in [6, 6.07) is 36.4. The Bertz CT molecular complexity index is 1840. The zero-order valence-electron chi connectivity index (χ0n) is 27.3. The maximum atomic E-state index is 13.5. The van der Waals surface area contributed by atoms with E-state index in [1.807, 2.05) is 109 Å². The lowest BCUT2D eigenvalue weighted by Gasteiger charge is -2.23. The van der Waals surface area contributed by atoms with Crippen molar-refractivity contribution in [2.24, 2.45) is 0 Å². The molecule has 0 fully saturated rings. The molecule has 0 aromatic heterocycles. The summed E-state index contributed by atoms with van der Waals surface area (Å²) in [5.74, 6) is -0.559. The molecule has 48 heavy (non-hydrogen) atoms. The summed E-state index contributed by atoms with van der Waals surface area (Å²) >= 11 is 0. The van der Waals surface area contributed by atoms with Gasteiger partial charge in [-0.25, -0.2) is 14.4 Å². The van der Waals surface area contributed by atoms with Crippen molar-refractivity contribution in [3.05, 3.63) is 149 Å². The Morgan fingerprint density at radius 3 is 1.83 bits per heavy atom. The van der Waals surface area contributed by atoms with E-state index < -0.39 is 29.7 Å². The highest BCUT2D eigenvalue weighted by Crippen LogP contribution is 2.28. The molecule has 5 aromatic rings. The summed E-state index contributed by atoms with van der Waals surface area (Å²) in [5.41, 5.74) is 2.81. The molecule has 0 heterocycles. The van der Waals surface area contributed by atoms with Gasteiger partial charge >= 0.3 is 18.0 Å². The molecule has 0 spiro atoms. The molecule has 0 saturated heterocycles. The minimum atomic E-state index is -1.11. The van der Waals surface area contributed by atoms with Gasteiger partial charge in [-0.05, 0) is 78.1 Å². The Morgan fingerprint density at radius 2 is 1.25 bits per heavy atom. The Labute approximate surface area is 282 Å². The average molecular weight is 648 g/mol. The van der Waals surface area contributed by atoms with Crippen molar-refractivity contribution in [3.63, 3.8) is 0 Å². The van der Waals surface area contributed by atoms with E-state index in [1.165, 1.54) is 0 Å². The Kier molecular flexibility index (Phi) is 11.1. The lowest BCUT2D eigenvalue weighted by molar-refractivity contribution is -0.147. The summed E-state index contributed by atoms with van der Waals surface area (Å²) in [4.78, 5) is 39.8. The van der Waals surface area contributed by atoms with E-state index in [0.29, 0.717) is 28.9 Å². The third-order valence-corrected chi connectivity index (χ3v) is 7.33. The number of carbonyl (C=O) groups excluding carboxylic acids is 3. The van der Waals surface area contributed by atoms with Crippen molar-refractivity contribution in [2.75, 3.05) is 0 Å². The number of rotatable bonds is 12. The van der Waals surface area contributed by atoms with E-state index in [9.17, 15) is 14.4 Å². The summed E-state index contributed by atoms with van der Waals surface area (Å²) in [5, 5.41) is 4.17. The second kappa shape index (κ2) is 15.8. The standard InChI is InChI=1S/C40H39NO7.H2/c1-40(2,3)48-39(44)41-36(38(43)47-27-30-17-11-6-12-18-30)24-32-22-33(37(42)46-26-29-15-9-5-10-16-29)21-31-23-34(19-20-35(31)32)45-25-28-13-7-4-8-14-28;/h4-23,36H,24-27H2,1-3H3,(H,41,44);1H/t36-;/m0./s1. The number of fused-ring (bicyclic) bond motifs is 1. The fourth-order valence-corrected chi connectivity index (χ4v) is 5.04. The predicted molar refractivity (Wildman–Crippen MR) is 185 cm³/mol. The van der Waals surface area contributed by atoms with Crippen LogP contribution in [0, 0.1) is 0 Å². The van der Waals surface area contributed by atoms with Gasteiger partial charge in [0, 0.05) is 7.85 Å². The summed E-state index contributed by atoms with van der Waals surface area (Å²) in [6.07, 6.45) is -0.739. The lowest BCUT2D eigenvalue weighted by atomic mass is 9.95. The number of alkyl carbamates (subject to hydrolysis) is 1. The van der Waals surface area contributed by atoms with Crippen molar-refractivity contribution in [1.29, 1.82) is 0 Å². The largest absolute Gasteiger partial charge is 0.489 e. The first kappa shape index (κ1) is 33.7. The summed E-state index contributed by atoms with van der Waals surface area (Å²) in [7, 11) is 0. The summed E-state index contributed by atoms with van der Waals surface area (Å²) in [6.45, 7) is 5.72. The van der Waals surface area contributed by atoms with Crippen LogP contribution in [-0.4, -0.2) is 29.7 Å². The third kappa shape index (κ3) is 9.93. The van der Waals surface area contributed by atoms with Gasteiger partial charge in [0.1, 0.15) is 37.2 Å².